The number of aromatic nitrogens is 1. The number of H-pyrrole nitrogens is 1. The van der Waals surface area contributed by atoms with Gasteiger partial charge in [0, 0.05) is 47.9 Å². The van der Waals surface area contributed by atoms with Crippen molar-refractivity contribution in [3.05, 3.63) is 76.8 Å². The normalized spacial score (nSPS) is 12.5. The average molecular weight is 511 g/mol. The van der Waals surface area contributed by atoms with Crippen LogP contribution in [0.25, 0.3) is 10.9 Å². The van der Waals surface area contributed by atoms with Crippen molar-refractivity contribution in [2.24, 2.45) is 0 Å². The standard InChI is InChI=1S/C26H33N3O4S.CHN/c1-3-34-9-8-27-14-26(33)23-13-20-11-18(4-6-22(20)29-23)10-17(2)28-15-25(32)19-5-7-24(31)21(12-19)16-30;1-2/h3-7,11-13,17,25,27-32H,1,8-10,14-16H2,2H3;1H. The predicted octanol–water partition coefficient (Wildman–Crippen LogP) is 3.41. The van der Waals surface area contributed by atoms with Gasteiger partial charge in [-0.1, -0.05) is 18.7 Å². The molecule has 8 nitrogen and oxygen atoms in total. The number of hydrogen-bond acceptors (Lipinski definition) is 8. The number of aromatic amines is 1. The number of nitrogens with zero attached hydrogens (tertiary/aromatic N) is 1. The van der Waals surface area contributed by atoms with E-state index in [0.29, 0.717) is 29.9 Å². The Balaban J connectivity index is 0.00000222. The summed E-state index contributed by atoms with van der Waals surface area (Å²) in [6.07, 6.45) is 0.00922. The number of aromatic hydroxyl groups is 1. The van der Waals surface area contributed by atoms with Gasteiger partial charge >= 0.3 is 0 Å². The predicted molar refractivity (Wildman–Crippen MR) is 145 cm³/mol. The fourth-order valence-electron chi connectivity index (χ4n) is 3.77. The number of fused-ring (bicyclic) bond motifs is 1. The Morgan fingerprint density at radius 2 is 2.03 bits per heavy atom. The molecule has 3 aromatic rings. The molecule has 0 spiro atoms. The maximum atomic E-state index is 12.5. The fraction of sp³-hybridized carbons (Fsp3) is 0.333. The van der Waals surface area contributed by atoms with Gasteiger partial charge in [-0.3, -0.25) is 4.79 Å². The second kappa shape index (κ2) is 15.1. The summed E-state index contributed by atoms with van der Waals surface area (Å²) in [6.45, 7) is 10.3. The Kier molecular flexibility index (Phi) is 12.2. The maximum absolute atomic E-state index is 12.5. The molecular formula is C27H34N4O4S. The van der Waals surface area contributed by atoms with E-state index in [1.165, 1.54) is 6.07 Å². The fourth-order valence-corrected chi connectivity index (χ4v) is 4.20. The van der Waals surface area contributed by atoms with E-state index in [2.05, 4.69) is 41.8 Å². The van der Waals surface area contributed by atoms with Crippen LogP contribution in [0.2, 0.25) is 0 Å². The van der Waals surface area contributed by atoms with E-state index >= 15 is 0 Å². The van der Waals surface area contributed by atoms with Crippen molar-refractivity contribution in [3.8, 4) is 12.3 Å². The smallest absolute Gasteiger partial charge is 0.192 e. The van der Waals surface area contributed by atoms with E-state index in [1.54, 1.807) is 29.3 Å². The molecule has 0 aliphatic heterocycles. The second-order valence-electron chi connectivity index (χ2n) is 8.32. The Bertz CT molecular complexity index is 1160. The Morgan fingerprint density at radius 3 is 2.75 bits per heavy atom. The molecule has 0 aliphatic carbocycles. The largest absolute Gasteiger partial charge is 0.508 e. The first kappa shape index (κ1) is 29.1. The second-order valence-corrected chi connectivity index (χ2v) is 9.39. The van der Waals surface area contributed by atoms with Gasteiger partial charge < -0.3 is 30.9 Å². The molecule has 192 valence electrons. The summed E-state index contributed by atoms with van der Waals surface area (Å²) >= 11 is 1.62. The summed E-state index contributed by atoms with van der Waals surface area (Å²) in [5.41, 5.74) is 3.69. The molecule has 36 heavy (non-hydrogen) atoms. The molecule has 6 N–H and O–H groups in total. The lowest BCUT2D eigenvalue weighted by Crippen LogP contribution is -2.32. The highest BCUT2D eigenvalue weighted by Gasteiger charge is 2.13. The highest BCUT2D eigenvalue weighted by molar-refractivity contribution is 8.02. The first-order valence-corrected chi connectivity index (χ1v) is 12.6. The van der Waals surface area contributed by atoms with E-state index < -0.39 is 6.10 Å². The van der Waals surface area contributed by atoms with Crippen LogP contribution in [-0.2, 0) is 13.0 Å². The summed E-state index contributed by atoms with van der Waals surface area (Å²) in [6, 6.07) is 12.9. The SMILES string of the molecule is C#N.C=CSCCNCC(=O)c1cc2cc(CC(C)NCC(O)c3ccc(O)c(CO)c3)ccc2[nH]1. The van der Waals surface area contributed by atoms with E-state index in [0.717, 1.165) is 35.2 Å². The highest BCUT2D eigenvalue weighted by Crippen LogP contribution is 2.23. The number of hydrogen-bond donors (Lipinski definition) is 6. The number of benzene rings is 2. The van der Waals surface area contributed by atoms with Crippen LogP contribution in [0.3, 0.4) is 0 Å². The highest BCUT2D eigenvalue weighted by atomic mass is 32.2. The molecular weight excluding hydrogens is 476 g/mol. The maximum Gasteiger partial charge on any atom is 0.192 e. The number of phenols is 1. The lowest BCUT2D eigenvalue weighted by atomic mass is 10.0. The van der Waals surface area contributed by atoms with Crippen molar-refractivity contribution in [2.45, 2.75) is 32.1 Å². The zero-order valence-corrected chi connectivity index (χ0v) is 21.2. The van der Waals surface area contributed by atoms with Gasteiger partial charge in [-0.05, 0) is 60.2 Å². The number of rotatable bonds is 14. The van der Waals surface area contributed by atoms with Gasteiger partial charge in [0.2, 0.25) is 0 Å². The number of thioether (sulfide) groups is 1. The van der Waals surface area contributed by atoms with Gasteiger partial charge in [0.25, 0.3) is 0 Å². The van der Waals surface area contributed by atoms with Crippen molar-refractivity contribution in [1.29, 1.82) is 5.26 Å². The molecule has 0 radical (unpaired) electrons. The van der Waals surface area contributed by atoms with Gasteiger partial charge in [-0.15, -0.1) is 11.8 Å². The third-order valence-electron chi connectivity index (χ3n) is 5.65. The number of Topliss-reactive ketones (excluding diaryl/α,β-unsaturated/α-hetero) is 1. The summed E-state index contributed by atoms with van der Waals surface area (Å²) < 4.78 is 0. The van der Waals surface area contributed by atoms with Crippen molar-refractivity contribution >= 4 is 28.4 Å². The third kappa shape index (κ3) is 8.52. The molecule has 1 aromatic heterocycles. The minimum atomic E-state index is -0.752. The minimum Gasteiger partial charge on any atom is -0.508 e. The van der Waals surface area contributed by atoms with Crippen molar-refractivity contribution < 1.29 is 20.1 Å². The summed E-state index contributed by atoms with van der Waals surface area (Å²) in [5.74, 6) is 0.932. The van der Waals surface area contributed by atoms with Gasteiger partial charge in [-0.25, -0.2) is 5.26 Å². The van der Waals surface area contributed by atoms with E-state index in [4.69, 9.17) is 5.26 Å². The zero-order chi connectivity index (χ0) is 26.5. The van der Waals surface area contributed by atoms with Crippen molar-refractivity contribution in [2.75, 3.05) is 25.4 Å². The number of nitrogens with one attached hydrogen (secondary N) is 3. The van der Waals surface area contributed by atoms with Crippen LogP contribution < -0.4 is 10.6 Å². The molecule has 9 heteroatoms. The molecule has 0 saturated carbocycles. The Morgan fingerprint density at radius 1 is 1.25 bits per heavy atom. The minimum absolute atomic E-state index is 0.0173. The molecule has 3 rings (SSSR count). The van der Waals surface area contributed by atoms with E-state index in [-0.39, 0.29) is 24.2 Å². The van der Waals surface area contributed by atoms with Crippen molar-refractivity contribution in [3.63, 3.8) is 0 Å². The van der Waals surface area contributed by atoms with Gasteiger partial charge in [-0.2, -0.15) is 0 Å². The number of aliphatic hydroxyl groups is 2. The van der Waals surface area contributed by atoms with Crippen LogP contribution in [0.5, 0.6) is 5.75 Å². The lowest BCUT2D eigenvalue weighted by molar-refractivity contribution is 0.0988. The molecule has 0 fully saturated rings. The Hall–Kier alpha value is -3.13. The molecule has 0 saturated heterocycles. The number of ketones is 1. The Labute approximate surface area is 216 Å². The first-order valence-electron chi connectivity index (χ1n) is 11.6. The number of aliphatic hydroxyl groups excluding tert-OH is 2. The quantitative estimate of drug-likeness (QED) is 0.143. The number of carbonyl (C=O) groups is 1. The lowest BCUT2D eigenvalue weighted by Gasteiger charge is -2.18. The molecule has 1 heterocycles. The topological polar surface area (TPSA) is 141 Å². The van der Waals surface area contributed by atoms with Crippen LogP contribution in [0.1, 0.15) is 40.2 Å². The van der Waals surface area contributed by atoms with E-state index in [1.807, 2.05) is 18.2 Å². The molecule has 2 atom stereocenters. The molecule has 0 amide bonds. The van der Waals surface area contributed by atoms with E-state index in [9.17, 15) is 20.1 Å². The van der Waals surface area contributed by atoms with Gasteiger partial charge in [0.1, 0.15) is 5.75 Å². The van der Waals surface area contributed by atoms with Crippen molar-refractivity contribution in [1.82, 2.24) is 15.6 Å². The van der Waals surface area contributed by atoms with Crippen LogP contribution in [-0.4, -0.2) is 57.5 Å². The van der Waals surface area contributed by atoms with Gasteiger partial charge in [0.15, 0.2) is 5.78 Å². The molecule has 2 aromatic carbocycles. The average Bonchev–Trinajstić information content (AvgIpc) is 3.32. The third-order valence-corrected chi connectivity index (χ3v) is 6.32. The van der Waals surface area contributed by atoms with Gasteiger partial charge in [0.05, 0.1) is 24.9 Å². The summed E-state index contributed by atoms with van der Waals surface area (Å²) in [4.78, 5) is 15.7. The zero-order valence-electron chi connectivity index (χ0n) is 20.4. The summed E-state index contributed by atoms with van der Waals surface area (Å²) in [5, 5.41) is 45.2. The number of carbonyl (C=O) groups excluding carboxylic acids is 1. The molecule has 0 bridgehead atoms. The first-order chi connectivity index (χ1) is 17.4. The van der Waals surface area contributed by atoms with Crippen LogP contribution in [0.15, 0.2) is 54.5 Å². The summed E-state index contributed by atoms with van der Waals surface area (Å²) in [7, 11) is 0. The van der Waals surface area contributed by atoms with Crippen LogP contribution in [0, 0.1) is 11.8 Å². The van der Waals surface area contributed by atoms with Crippen LogP contribution >= 0.6 is 11.8 Å². The monoisotopic (exact) mass is 510 g/mol. The number of nitriles is 1. The van der Waals surface area contributed by atoms with Crippen LogP contribution in [0.4, 0.5) is 0 Å². The molecule has 2 unspecified atom stereocenters. The molecule has 0 aliphatic rings.